The number of hydrogen-bond donors (Lipinski definition) is 0. The van der Waals surface area contributed by atoms with Gasteiger partial charge in [-0.1, -0.05) is 46.1 Å². The van der Waals surface area contributed by atoms with E-state index in [4.69, 9.17) is 0 Å². The normalized spacial score (nSPS) is 11.2. The van der Waals surface area contributed by atoms with Gasteiger partial charge in [0.25, 0.3) is 0 Å². The minimum absolute atomic E-state index is 1.10. The van der Waals surface area contributed by atoms with Crippen LogP contribution in [0.4, 0.5) is 0 Å². The standard InChI is InChI=1S/C32H32S4/c1-4-7-10-23-19-22-13-14-29-26(20-24(34-29)11-8-5-2)31-17-18-32(36-31)27-21-25(12-9-6-3)35-30(27)16-15-28(22)33-23/h17-21H,4-12H2,1-3H3. The van der Waals surface area contributed by atoms with Crippen molar-refractivity contribution in [1.82, 2.24) is 0 Å². The zero-order valence-corrected chi connectivity index (χ0v) is 24.6. The van der Waals surface area contributed by atoms with Crippen molar-refractivity contribution in [3.05, 3.63) is 69.2 Å². The van der Waals surface area contributed by atoms with Crippen LogP contribution >= 0.6 is 45.3 Å². The Kier molecular flexibility index (Phi) is 8.51. The van der Waals surface area contributed by atoms with Crippen molar-refractivity contribution in [3.8, 4) is 0 Å². The largest absolute Gasteiger partial charge is 0.135 e. The summed E-state index contributed by atoms with van der Waals surface area (Å²) in [5, 5.41) is 3.71. The molecule has 2 bridgehead atoms. The van der Waals surface area contributed by atoms with Crippen LogP contribution in [-0.2, 0) is 19.3 Å². The Morgan fingerprint density at radius 1 is 0.528 bits per heavy atom. The molecule has 5 aromatic rings. The number of fused-ring (bicyclic) bond motifs is 7. The Morgan fingerprint density at radius 2 is 0.972 bits per heavy atom. The van der Waals surface area contributed by atoms with Crippen LogP contribution in [0.25, 0.3) is 39.7 Å². The second-order valence-corrected chi connectivity index (χ2v) is 13.8. The SMILES string of the molecule is CCCCc1cc2c#cc3sc(CCCC)cc3c3ccc(s3)c3cc(CCCC)sc3c#cc2s1. The zero-order chi connectivity index (χ0) is 24.9. The molecule has 0 aliphatic rings. The maximum atomic E-state index is 3.59. The highest BCUT2D eigenvalue weighted by Gasteiger charge is 2.07. The third kappa shape index (κ3) is 5.74. The van der Waals surface area contributed by atoms with Gasteiger partial charge in [0, 0.05) is 34.8 Å². The van der Waals surface area contributed by atoms with E-state index in [1.54, 1.807) is 0 Å². The summed E-state index contributed by atoms with van der Waals surface area (Å²) in [4.78, 5) is 4.31. The van der Waals surface area contributed by atoms with Crippen LogP contribution in [0, 0.1) is 24.3 Å². The molecule has 0 saturated heterocycles. The van der Waals surface area contributed by atoms with Crippen molar-refractivity contribution in [2.45, 2.75) is 78.6 Å². The van der Waals surface area contributed by atoms with Crippen LogP contribution in [0.5, 0.6) is 0 Å². The van der Waals surface area contributed by atoms with E-state index in [0.29, 0.717) is 0 Å². The molecule has 0 amide bonds. The second-order valence-electron chi connectivity index (χ2n) is 9.34. The second kappa shape index (κ2) is 12.0. The highest BCUT2D eigenvalue weighted by atomic mass is 32.1. The Hall–Kier alpha value is -2.08. The summed E-state index contributed by atoms with van der Waals surface area (Å²) in [6, 6.07) is 26.0. The summed E-state index contributed by atoms with van der Waals surface area (Å²) in [6.07, 6.45) is 10.7. The first-order valence-corrected chi connectivity index (χ1v) is 16.5. The summed E-state index contributed by atoms with van der Waals surface area (Å²) < 4.78 is 6.16. The van der Waals surface area contributed by atoms with E-state index in [2.05, 4.69) is 75.4 Å². The topological polar surface area (TPSA) is 0 Å². The maximum Gasteiger partial charge on any atom is 0.0931 e. The van der Waals surface area contributed by atoms with Crippen molar-refractivity contribution in [2.75, 3.05) is 0 Å². The average molecular weight is 545 g/mol. The summed E-state index contributed by atoms with van der Waals surface area (Å²) >= 11 is 7.50. The van der Waals surface area contributed by atoms with Crippen LogP contribution < -0.4 is 0 Å². The van der Waals surface area contributed by atoms with Crippen molar-refractivity contribution in [2.24, 2.45) is 0 Å². The molecule has 0 atom stereocenters. The van der Waals surface area contributed by atoms with Crippen molar-refractivity contribution in [1.29, 1.82) is 0 Å². The van der Waals surface area contributed by atoms with Gasteiger partial charge < -0.3 is 0 Å². The lowest BCUT2D eigenvalue weighted by molar-refractivity contribution is 0.804. The van der Waals surface area contributed by atoms with Crippen molar-refractivity contribution >= 4 is 85.0 Å². The minimum Gasteiger partial charge on any atom is -0.135 e. The number of aryl methyl sites for hydroxylation is 3. The molecule has 5 heterocycles. The van der Waals surface area contributed by atoms with Gasteiger partial charge in [0.1, 0.15) is 0 Å². The van der Waals surface area contributed by atoms with Crippen LogP contribution in [-0.4, -0.2) is 0 Å². The number of thiophene rings is 4. The molecule has 5 aromatic heterocycles. The Morgan fingerprint density at radius 3 is 1.50 bits per heavy atom. The third-order valence-corrected chi connectivity index (χ3v) is 10.9. The van der Waals surface area contributed by atoms with Gasteiger partial charge in [0.05, 0.1) is 19.5 Å². The van der Waals surface area contributed by atoms with Gasteiger partial charge in [0.15, 0.2) is 0 Å². The van der Waals surface area contributed by atoms with E-state index in [1.165, 1.54) is 82.7 Å². The van der Waals surface area contributed by atoms with Gasteiger partial charge in [-0.15, -0.1) is 45.3 Å². The number of hydrogen-bond acceptors (Lipinski definition) is 4. The number of unbranched alkanes of at least 4 members (excludes halogenated alkanes) is 3. The lowest BCUT2D eigenvalue weighted by Crippen LogP contribution is -1.76. The highest BCUT2D eigenvalue weighted by Crippen LogP contribution is 2.36. The predicted molar refractivity (Wildman–Crippen MR) is 166 cm³/mol. The van der Waals surface area contributed by atoms with E-state index < -0.39 is 0 Å². The van der Waals surface area contributed by atoms with Crippen LogP contribution in [0.2, 0.25) is 0 Å². The molecule has 0 fully saturated rings. The van der Waals surface area contributed by atoms with E-state index in [0.717, 1.165) is 29.3 Å². The third-order valence-electron chi connectivity index (χ3n) is 6.42. The lowest BCUT2D eigenvalue weighted by atomic mass is 10.2. The summed E-state index contributed by atoms with van der Waals surface area (Å²) in [6.45, 7) is 6.79. The molecule has 0 unspecified atom stereocenters. The average Bonchev–Trinajstić information content (AvgIpc) is 3.66. The molecule has 0 saturated carbocycles. The highest BCUT2D eigenvalue weighted by molar-refractivity contribution is 7.27. The molecule has 5 rings (SSSR count). The Bertz CT molecular complexity index is 1440. The van der Waals surface area contributed by atoms with Gasteiger partial charge in [0.2, 0.25) is 0 Å². The van der Waals surface area contributed by atoms with Crippen LogP contribution in [0.15, 0.2) is 30.3 Å². The predicted octanol–water partition coefficient (Wildman–Crippen LogP) is 11.5. The molecule has 0 aromatic carbocycles. The first kappa shape index (κ1) is 25.6. The Labute approximate surface area is 231 Å². The van der Waals surface area contributed by atoms with E-state index in [1.807, 2.05) is 45.3 Å². The Balaban J connectivity index is 1.80. The fourth-order valence-corrected chi connectivity index (χ4v) is 8.67. The fourth-order valence-electron chi connectivity index (χ4n) is 4.35. The lowest BCUT2D eigenvalue weighted by Gasteiger charge is -1.91. The van der Waals surface area contributed by atoms with Crippen LogP contribution in [0.1, 0.15) is 73.9 Å². The molecule has 4 heteroatoms. The first-order chi connectivity index (χ1) is 17.7. The molecule has 0 spiro atoms. The van der Waals surface area contributed by atoms with Gasteiger partial charge in [-0.25, -0.2) is 0 Å². The molecule has 184 valence electrons. The van der Waals surface area contributed by atoms with E-state index in [9.17, 15) is 0 Å². The summed E-state index contributed by atoms with van der Waals surface area (Å²) in [5.41, 5.74) is 0. The number of rotatable bonds is 9. The molecule has 0 nitrogen and oxygen atoms in total. The maximum absolute atomic E-state index is 3.59. The molecule has 0 N–H and O–H groups in total. The van der Waals surface area contributed by atoms with Gasteiger partial charge >= 0.3 is 0 Å². The van der Waals surface area contributed by atoms with Gasteiger partial charge in [-0.3, -0.25) is 0 Å². The quantitative estimate of drug-likeness (QED) is 0.173. The van der Waals surface area contributed by atoms with E-state index >= 15 is 0 Å². The molecule has 0 radical (unpaired) electrons. The fraction of sp³-hybridized carbons (Fsp3) is 0.375. The zero-order valence-electron chi connectivity index (χ0n) is 21.4. The van der Waals surface area contributed by atoms with E-state index in [-0.39, 0.29) is 0 Å². The summed E-state index contributed by atoms with van der Waals surface area (Å²) in [7, 11) is 0. The van der Waals surface area contributed by atoms with Gasteiger partial charge in [-0.05, 0) is 87.1 Å². The molecule has 0 aliphatic carbocycles. The molecular weight excluding hydrogens is 513 g/mol. The minimum atomic E-state index is 1.10. The van der Waals surface area contributed by atoms with Crippen molar-refractivity contribution < 1.29 is 0 Å². The van der Waals surface area contributed by atoms with Gasteiger partial charge in [-0.2, -0.15) is 0 Å². The van der Waals surface area contributed by atoms with Crippen LogP contribution in [0.3, 0.4) is 0 Å². The molecular formula is C32H32S4. The monoisotopic (exact) mass is 544 g/mol. The molecule has 36 heavy (non-hydrogen) atoms. The molecule has 0 aliphatic heterocycles. The summed E-state index contributed by atoms with van der Waals surface area (Å²) in [5.74, 6) is 0. The smallest absolute Gasteiger partial charge is 0.0931 e. The first-order valence-electron chi connectivity index (χ1n) is 13.2. The van der Waals surface area contributed by atoms with Crippen molar-refractivity contribution in [3.63, 3.8) is 0 Å².